The highest BCUT2D eigenvalue weighted by Gasteiger charge is 2.53. The number of fused-ring (bicyclic) bond motifs is 3. The van der Waals surface area contributed by atoms with Crippen LogP contribution in [0.3, 0.4) is 0 Å². The van der Waals surface area contributed by atoms with Gasteiger partial charge in [0.25, 0.3) is 11.7 Å². The SMILES string of the molecule is CCOCCOCCOCCOCCCC(=O)O[C@@H]1CC[C@@H](C[C@@H](C)C(O)C[C@H]2OC(=O)[C@@H]3CCCCN3C(=O)C(=O)[C@]3(O)O[C@@H](CC[C@H]3C)C[C@H](OC)/C(C)=C/C=C/C=C/[C@@H](C)C[C@@H](C)C(=O)[C@H](OC)[C@H](O)/C(C)=C/[C@H]2C)C[C@H]1OC. The summed E-state index contributed by atoms with van der Waals surface area (Å²) in [5.41, 5.74) is 1.28. The van der Waals surface area contributed by atoms with Crippen molar-refractivity contribution < 1.29 is 86.7 Å². The molecular formula is C63H103NO18. The summed E-state index contributed by atoms with van der Waals surface area (Å²) < 4.78 is 57.7. The number of aliphatic hydroxyl groups excluding tert-OH is 2. The highest BCUT2D eigenvalue weighted by Crippen LogP contribution is 2.38. The summed E-state index contributed by atoms with van der Waals surface area (Å²) in [5, 5.41) is 35.8. The summed E-state index contributed by atoms with van der Waals surface area (Å²) in [5.74, 6) is -8.02. The molecule has 19 nitrogen and oxygen atoms in total. The normalized spacial score (nSPS) is 34.5. The van der Waals surface area contributed by atoms with E-state index in [0.29, 0.717) is 123 Å². The van der Waals surface area contributed by atoms with Crippen LogP contribution in [0.15, 0.2) is 47.6 Å². The molecule has 1 aliphatic carbocycles. The zero-order valence-electron chi connectivity index (χ0n) is 51.3. The quantitative estimate of drug-likeness (QED) is 0.0391. The zero-order valence-corrected chi connectivity index (χ0v) is 51.3. The third-order valence-corrected chi connectivity index (χ3v) is 16.9. The number of amides is 1. The van der Waals surface area contributed by atoms with Gasteiger partial charge in [0.2, 0.25) is 5.79 Å². The highest BCUT2D eigenvalue weighted by atomic mass is 16.6. The fourth-order valence-electron chi connectivity index (χ4n) is 11.7. The van der Waals surface area contributed by atoms with E-state index in [9.17, 15) is 39.3 Å². The maximum Gasteiger partial charge on any atom is 0.329 e. The Morgan fingerprint density at radius 1 is 0.780 bits per heavy atom. The third kappa shape index (κ3) is 22.3. The predicted molar refractivity (Wildman–Crippen MR) is 308 cm³/mol. The largest absolute Gasteiger partial charge is 0.460 e. The first kappa shape index (κ1) is 70.8. The minimum absolute atomic E-state index is 0.00598. The monoisotopic (exact) mass is 1160 g/mol. The van der Waals surface area contributed by atoms with E-state index >= 15 is 0 Å². The lowest BCUT2D eigenvalue weighted by molar-refractivity contribution is -0.265. The van der Waals surface area contributed by atoms with Gasteiger partial charge in [-0.2, -0.15) is 0 Å². The third-order valence-electron chi connectivity index (χ3n) is 16.9. The Morgan fingerprint density at radius 3 is 2.12 bits per heavy atom. The van der Waals surface area contributed by atoms with Gasteiger partial charge in [0.15, 0.2) is 5.78 Å². The van der Waals surface area contributed by atoms with E-state index in [-0.39, 0.29) is 61.4 Å². The first-order valence-corrected chi connectivity index (χ1v) is 30.3. The van der Waals surface area contributed by atoms with Crippen molar-refractivity contribution in [1.29, 1.82) is 0 Å². The fraction of sp³-hybridized carbons (Fsp3) is 0.794. The van der Waals surface area contributed by atoms with E-state index in [2.05, 4.69) is 0 Å². The number of allylic oxidation sites excluding steroid dienone is 5. The van der Waals surface area contributed by atoms with Gasteiger partial charge in [0.1, 0.15) is 30.5 Å². The molecule has 4 aliphatic rings. The van der Waals surface area contributed by atoms with Crippen LogP contribution in [0.2, 0.25) is 0 Å². The Morgan fingerprint density at radius 2 is 1.46 bits per heavy atom. The van der Waals surface area contributed by atoms with Crippen LogP contribution < -0.4 is 0 Å². The molecule has 1 saturated carbocycles. The van der Waals surface area contributed by atoms with Crippen LogP contribution in [0.1, 0.15) is 145 Å². The Hall–Kier alpha value is -3.73. The first-order valence-electron chi connectivity index (χ1n) is 30.3. The molecule has 3 fully saturated rings. The summed E-state index contributed by atoms with van der Waals surface area (Å²) in [6, 6.07) is -1.18. The highest BCUT2D eigenvalue weighted by molar-refractivity contribution is 6.39. The number of rotatable bonds is 23. The van der Waals surface area contributed by atoms with Gasteiger partial charge >= 0.3 is 11.9 Å². The molecule has 19 heteroatoms. The molecule has 0 aromatic rings. The zero-order chi connectivity index (χ0) is 60.4. The van der Waals surface area contributed by atoms with Crippen molar-refractivity contribution in [1.82, 2.24) is 4.90 Å². The molecular weight excluding hydrogens is 1060 g/mol. The molecule has 2 bridgehead atoms. The molecule has 3 N–H and O–H groups in total. The van der Waals surface area contributed by atoms with E-state index < -0.39 is 90.0 Å². The van der Waals surface area contributed by atoms with E-state index in [0.717, 1.165) is 12.0 Å². The van der Waals surface area contributed by atoms with Crippen molar-refractivity contribution in [3.63, 3.8) is 0 Å². The number of nitrogens with zero attached hydrogens (tertiary/aromatic N) is 1. The lowest BCUT2D eigenvalue weighted by Gasteiger charge is -2.42. The Kier molecular flexibility index (Phi) is 31.9. The molecule has 1 unspecified atom stereocenters. The predicted octanol–water partition coefficient (Wildman–Crippen LogP) is 7.39. The molecule has 16 atom stereocenters. The number of piperidine rings is 1. The van der Waals surface area contributed by atoms with Gasteiger partial charge in [-0.05, 0) is 120 Å². The van der Waals surface area contributed by atoms with Crippen LogP contribution in [-0.4, -0.2) is 191 Å². The number of methoxy groups -OCH3 is 3. The van der Waals surface area contributed by atoms with E-state index in [1.165, 1.54) is 12.0 Å². The standard InChI is InChI=1S/C63H103NO18/c1-12-76-29-30-78-33-34-79-32-31-77-28-18-22-56(66)80-52-26-24-48(38-55(52)74-10)37-43(4)51(65)40-54-44(5)36-46(7)58(68)59(75-11)57(67)45(6)35-41(2)19-14-13-15-20-42(3)53(73-9)39-49-25-23-47(8)63(72,82-49)60(69)61(70)64-27-17-16-21-50(64)62(71)81-54/h13-15,19-20,36,41,43-45,47-55,58-59,65,68,72H,12,16-18,21-35,37-40H2,1-11H3/b15-13+,19-14+,42-20+,46-36+/t41-,43-,44-,45-,47-,48+,49+,50+,51?,52-,53+,54-,55-,58-,59+,63-/m1/s1. The Bertz CT molecular complexity index is 2080. The number of aliphatic hydroxyl groups is 3. The van der Waals surface area contributed by atoms with Gasteiger partial charge in [0.05, 0.1) is 64.1 Å². The van der Waals surface area contributed by atoms with Crippen LogP contribution in [0.5, 0.6) is 0 Å². The van der Waals surface area contributed by atoms with Gasteiger partial charge in [-0.25, -0.2) is 4.79 Å². The summed E-state index contributed by atoms with van der Waals surface area (Å²) in [6.07, 6.45) is 11.1. The number of ether oxygens (including phenoxy) is 10. The number of Topliss-reactive ketones (excluding diaryl/α,β-unsaturated/α-hetero) is 2. The summed E-state index contributed by atoms with van der Waals surface area (Å²) >= 11 is 0. The molecule has 82 heavy (non-hydrogen) atoms. The smallest absolute Gasteiger partial charge is 0.329 e. The summed E-state index contributed by atoms with van der Waals surface area (Å²) in [4.78, 5) is 71.4. The lowest BCUT2D eigenvalue weighted by atomic mass is 9.78. The topological polar surface area (TPSA) is 242 Å². The molecule has 468 valence electrons. The van der Waals surface area contributed by atoms with Gasteiger partial charge < -0.3 is 67.6 Å². The summed E-state index contributed by atoms with van der Waals surface area (Å²) in [7, 11) is 4.56. The van der Waals surface area contributed by atoms with Crippen molar-refractivity contribution in [2.24, 2.45) is 35.5 Å². The van der Waals surface area contributed by atoms with Gasteiger partial charge in [0, 0.05) is 78.1 Å². The number of ketones is 2. The average Bonchev–Trinajstić information content (AvgIpc) is 3.66. The lowest BCUT2D eigenvalue weighted by Crippen LogP contribution is -2.61. The van der Waals surface area contributed by atoms with Crippen molar-refractivity contribution >= 4 is 29.4 Å². The second-order valence-corrected chi connectivity index (χ2v) is 23.4. The molecule has 3 aliphatic heterocycles. The number of esters is 2. The Labute approximate surface area is 489 Å². The number of hydrogen-bond acceptors (Lipinski definition) is 18. The van der Waals surface area contributed by atoms with E-state index in [1.54, 1.807) is 41.1 Å². The molecule has 0 spiro atoms. The molecule has 0 aromatic heterocycles. The van der Waals surface area contributed by atoms with Crippen molar-refractivity contribution in [2.75, 3.05) is 80.7 Å². The molecule has 4 rings (SSSR count). The number of hydrogen-bond donors (Lipinski definition) is 3. The van der Waals surface area contributed by atoms with Gasteiger partial charge in [-0.3, -0.25) is 19.2 Å². The molecule has 3 heterocycles. The van der Waals surface area contributed by atoms with Crippen LogP contribution in [-0.2, 0) is 71.3 Å². The fourth-order valence-corrected chi connectivity index (χ4v) is 11.7. The first-order chi connectivity index (χ1) is 39.2. The number of cyclic esters (lactones) is 1. The summed E-state index contributed by atoms with van der Waals surface area (Å²) in [6.45, 7) is 18.7. The van der Waals surface area contributed by atoms with Crippen LogP contribution >= 0.6 is 0 Å². The minimum Gasteiger partial charge on any atom is -0.460 e. The second-order valence-electron chi connectivity index (χ2n) is 23.4. The van der Waals surface area contributed by atoms with Crippen LogP contribution in [0.4, 0.5) is 0 Å². The van der Waals surface area contributed by atoms with Crippen molar-refractivity contribution in [3.05, 3.63) is 47.6 Å². The van der Waals surface area contributed by atoms with Crippen LogP contribution in [0.25, 0.3) is 0 Å². The molecule has 0 radical (unpaired) electrons. The van der Waals surface area contributed by atoms with Gasteiger partial charge in [-0.15, -0.1) is 0 Å². The molecule has 0 aromatic carbocycles. The van der Waals surface area contributed by atoms with E-state index in [1.807, 2.05) is 65.0 Å². The second kappa shape index (κ2) is 37.0. The maximum atomic E-state index is 14.6. The van der Waals surface area contributed by atoms with Crippen LogP contribution in [0, 0.1) is 35.5 Å². The number of carbonyl (C=O) groups excluding carboxylic acids is 5. The van der Waals surface area contributed by atoms with Gasteiger partial charge in [-0.1, -0.05) is 71.1 Å². The van der Waals surface area contributed by atoms with Crippen molar-refractivity contribution in [2.45, 2.75) is 206 Å². The van der Waals surface area contributed by atoms with E-state index in [4.69, 9.17) is 47.4 Å². The Balaban J connectivity index is 1.49. The average molecular weight is 1160 g/mol. The maximum absolute atomic E-state index is 14.6. The molecule has 1 amide bonds. The molecule has 2 saturated heterocycles. The minimum atomic E-state index is -2.45. The number of carbonyl (C=O) groups is 5. The van der Waals surface area contributed by atoms with Crippen molar-refractivity contribution in [3.8, 4) is 0 Å².